The number of aromatic nitrogens is 4. The number of thiazole rings is 2. The van der Waals surface area contributed by atoms with Crippen LogP contribution in [0.4, 0.5) is 5.13 Å². The zero-order valence-corrected chi connectivity index (χ0v) is 19.4. The summed E-state index contributed by atoms with van der Waals surface area (Å²) in [5.74, 6) is -0.274. The van der Waals surface area contributed by atoms with Crippen LogP contribution in [0.5, 0.6) is 0 Å². The Morgan fingerprint density at radius 3 is 2.68 bits per heavy atom. The second-order valence-corrected chi connectivity index (χ2v) is 11.0. The van der Waals surface area contributed by atoms with E-state index in [1.54, 1.807) is 48.0 Å². The van der Waals surface area contributed by atoms with Crippen LogP contribution in [0.3, 0.4) is 0 Å². The van der Waals surface area contributed by atoms with E-state index in [9.17, 15) is 13.2 Å². The van der Waals surface area contributed by atoms with E-state index in [-0.39, 0.29) is 17.3 Å². The molecule has 0 saturated carbocycles. The average molecular weight is 474 g/mol. The molecule has 0 atom stereocenters. The summed E-state index contributed by atoms with van der Waals surface area (Å²) in [5, 5.41) is 10.4. The Bertz CT molecular complexity index is 1370. The van der Waals surface area contributed by atoms with Crippen LogP contribution >= 0.6 is 22.7 Å². The SMILES string of the molecule is Cc1nc(C)c(-c2csc(NC(=O)Cn3cc(-c4ccccc4S(C)(=O)=O)cn3)n2)s1. The second kappa shape index (κ2) is 8.33. The van der Waals surface area contributed by atoms with Crippen molar-refractivity contribution in [3.8, 4) is 21.7 Å². The Morgan fingerprint density at radius 2 is 1.97 bits per heavy atom. The molecule has 0 aliphatic carbocycles. The van der Waals surface area contributed by atoms with Gasteiger partial charge in [-0.25, -0.2) is 18.4 Å². The lowest BCUT2D eigenvalue weighted by Gasteiger charge is -2.05. The zero-order chi connectivity index (χ0) is 22.2. The molecule has 8 nitrogen and oxygen atoms in total. The lowest BCUT2D eigenvalue weighted by Crippen LogP contribution is -2.18. The smallest absolute Gasteiger partial charge is 0.247 e. The van der Waals surface area contributed by atoms with Crippen molar-refractivity contribution in [3.63, 3.8) is 0 Å². The zero-order valence-electron chi connectivity index (χ0n) is 17.0. The molecule has 0 radical (unpaired) electrons. The van der Waals surface area contributed by atoms with E-state index in [1.807, 2.05) is 19.2 Å². The molecule has 1 aromatic carbocycles. The van der Waals surface area contributed by atoms with Crippen molar-refractivity contribution in [2.24, 2.45) is 0 Å². The normalized spacial score (nSPS) is 11.6. The Morgan fingerprint density at radius 1 is 1.19 bits per heavy atom. The van der Waals surface area contributed by atoms with E-state index >= 15 is 0 Å². The number of nitrogens with one attached hydrogen (secondary N) is 1. The molecule has 0 aliphatic rings. The van der Waals surface area contributed by atoms with Gasteiger partial charge in [0.05, 0.1) is 32.4 Å². The fourth-order valence-electron chi connectivity index (χ4n) is 3.13. The molecule has 160 valence electrons. The molecule has 1 N–H and O–H groups in total. The van der Waals surface area contributed by atoms with Gasteiger partial charge in [-0.2, -0.15) is 5.10 Å². The van der Waals surface area contributed by atoms with Crippen molar-refractivity contribution in [2.45, 2.75) is 25.3 Å². The molecule has 11 heteroatoms. The van der Waals surface area contributed by atoms with E-state index in [4.69, 9.17) is 0 Å². The van der Waals surface area contributed by atoms with E-state index < -0.39 is 9.84 Å². The number of carbonyl (C=O) groups is 1. The molecule has 0 saturated heterocycles. The number of aryl methyl sites for hydroxylation is 2. The summed E-state index contributed by atoms with van der Waals surface area (Å²) in [6.07, 6.45) is 4.37. The maximum absolute atomic E-state index is 12.5. The van der Waals surface area contributed by atoms with Crippen molar-refractivity contribution >= 4 is 43.5 Å². The molecule has 3 aromatic heterocycles. The Labute approximate surface area is 187 Å². The minimum Gasteiger partial charge on any atom is -0.300 e. The van der Waals surface area contributed by atoms with Gasteiger partial charge >= 0.3 is 0 Å². The molecule has 0 spiro atoms. The van der Waals surface area contributed by atoms with Crippen LogP contribution in [0.2, 0.25) is 0 Å². The molecule has 0 bridgehead atoms. The monoisotopic (exact) mass is 473 g/mol. The summed E-state index contributed by atoms with van der Waals surface area (Å²) in [5.41, 5.74) is 2.89. The van der Waals surface area contributed by atoms with Gasteiger partial charge in [0, 0.05) is 29.0 Å². The number of benzene rings is 1. The lowest BCUT2D eigenvalue weighted by molar-refractivity contribution is -0.116. The average Bonchev–Trinajstić information content (AvgIpc) is 3.41. The highest BCUT2D eigenvalue weighted by molar-refractivity contribution is 7.90. The first-order valence-corrected chi connectivity index (χ1v) is 12.8. The lowest BCUT2D eigenvalue weighted by atomic mass is 10.1. The van der Waals surface area contributed by atoms with Crippen molar-refractivity contribution in [2.75, 3.05) is 11.6 Å². The highest BCUT2D eigenvalue weighted by Gasteiger charge is 2.16. The van der Waals surface area contributed by atoms with Gasteiger partial charge in [-0.15, -0.1) is 22.7 Å². The van der Waals surface area contributed by atoms with Crippen LogP contribution in [0, 0.1) is 13.8 Å². The first-order chi connectivity index (χ1) is 14.7. The Balaban J connectivity index is 1.47. The van der Waals surface area contributed by atoms with Gasteiger partial charge in [0.1, 0.15) is 6.54 Å². The van der Waals surface area contributed by atoms with Gasteiger partial charge in [0.2, 0.25) is 5.91 Å². The largest absolute Gasteiger partial charge is 0.300 e. The Kier molecular flexibility index (Phi) is 5.73. The van der Waals surface area contributed by atoms with Crippen LogP contribution in [0.1, 0.15) is 10.7 Å². The first kappa shape index (κ1) is 21.3. The highest BCUT2D eigenvalue weighted by Crippen LogP contribution is 2.32. The highest BCUT2D eigenvalue weighted by atomic mass is 32.2. The number of hydrogen-bond donors (Lipinski definition) is 1. The summed E-state index contributed by atoms with van der Waals surface area (Å²) in [4.78, 5) is 22.6. The van der Waals surface area contributed by atoms with Crippen molar-refractivity contribution in [3.05, 3.63) is 52.7 Å². The van der Waals surface area contributed by atoms with Gasteiger partial charge in [-0.05, 0) is 19.9 Å². The van der Waals surface area contributed by atoms with Gasteiger partial charge in [0.15, 0.2) is 15.0 Å². The molecular weight excluding hydrogens is 454 g/mol. The molecule has 0 aliphatic heterocycles. The molecule has 4 rings (SSSR count). The van der Waals surface area contributed by atoms with Crippen LogP contribution in [0.25, 0.3) is 21.7 Å². The summed E-state index contributed by atoms with van der Waals surface area (Å²) >= 11 is 2.92. The summed E-state index contributed by atoms with van der Waals surface area (Å²) in [7, 11) is -3.39. The van der Waals surface area contributed by atoms with Crippen LogP contribution in [-0.2, 0) is 21.2 Å². The first-order valence-electron chi connectivity index (χ1n) is 9.22. The van der Waals surface area contributed by atoms with Crippen LogP contribution in [-0.4, -0.2) is 40.3 Å². The van der Waals surface area contributed by atoms with Gasteiger partial charge in [0.25, 0.3) is 0 Å². The minimum absolute atomic E-state index is 0.0192. The number of hydrogen-bond acceptors (Lipinski definition) is 8. The van der Waals surface area contributed by atoms with Crippen LogP contribution in [0.15, 0.2) is 46.9 Å². The van der Waals surface area contributed by atoms with Crippen molar-refractivity contribution in [1.82, 2.24) is 19.7 Å². The minimum atomic E-state index is -3.39. The van der Waals surface area contributed by atoms with E-state index in [0.29, 0.717) is 16.3 Å². The maximum atomic E-state index is 12.5. The third kappa shape index (κ3) is 4.73. The summed E-state index contributed by atoms with van der Waals surface area (Å²) < 4.78 is 25.5. The number of anilines is 1. The van der Waals surface area contributed by atoms with Gasteiger partial charge in [-0.1, -0.05) is 18.2 Å². The number of nitrogens with zero attached hydrogens (tertiary/aromatic N) is 4. The third-order valence-corrected chi connectivity index (χ3v) is 7.43. The third-order valence-electron chi connectivity index (χ3n) is 4.42. The summed E-state index contributed by atoms with van der Waals surface area (Å²) in [6, 6.07) is 6.72. The second-order valence-electron chi connectivity index (χ2n) is 6.93. The number of sulfone groups is 1. The van der Waals surface area contributed by atoms with Crippen molar-refractivity contribution < 1.29 is 13.2 Å². The standard InChI is InChI=1S/C20H19N5O3S3/c1-12-19(30-13(2)22-12)16-11-29-20(23-16)24-18(26)10-25-9-14(8-21-25)15-6-4-5-7-17(15)31(3,27)28/h4-9,11H,10H2,1-3H3,(H,23,24,26). The van der Waals surface area contributed by atoms with Crippen LogP contribution < -0.4 is 5.32 Å². The molecule has 1 amide bonds. The van der Waals surface area contributed by atoms with E-state index in [1.165, 1.54) is 22.3 Å². The molecule has 0 fully saturated rings. The van der Waals surface area contributed by atoms with Gasteiger partial charge < -0.3 is 5.32 Å². The maximum Gasteiger partial charge on any atom is 0.247 e. The van der Waals surface area contributed by atoms with E-state index in [2.05, 4.69) is 20.4 Å². The molecule has 31 heavy (non-hydrogen) atoms. The molecular formula is C20H19N5O3S3. The number of amides is 1. The molecule has 3 heterocycles. The number of rotatable bonds is 6. The number of carbonyl (C=O) groups excluding carboxylic acids is 1. The summed E-state index contributed by atoms with van der Waals surface area (Å²) in [6.45, 7) is 3.87. The quantitative estimate of drug-likeness (QED) is 0.457. The predicted molar refractivity (Wildman–Crippen MR) is 122 cm³/mol. The predicted octanol–water partition coefficient (Wildman–Crippen LogP) is 3.79. The van der Waals surface area contributed by atoms with Crippen molar-refractivity contribution in [1.29, 1.82) is 0 Å². The topological polar surface area (TPSA) is 107 Å². The molecule has 0 unspecified atom stereocenters. The van der Waals surface area contributed by atoms with Gasteiger partial charge in [-0.3, -0.25) is 9.48 Å². The fourth-order valence-corrected chi connectivity index (χ4v) is 5.71. The van der Waals surface area contributed by atoms with E-state index in [0.717, 1.165) is 21.3 Å². The molecule has 4 aromatic rings. The Hall–Kier alpha value is -2.89. The fraction of sp³-hybridized carbons (Fsp3) is 0.200.